The molecule has 4 nitrogen and oxygen atoms in total. The second-order valence-corrected chi connectivity index (χ2v) is 6.42. The number of nitrogens with one attached hydrogen (secondary N) is 1. The summed E-state index contributed by atoms with van der Waals surface area (Å²) in [6.45, 7) is 0. The molecule has 0 bridgehead atoms. The Balaban J connectivity index is 1.64. The van der Waals surface area contributed by atoms with Crippen molar-refractivity contribution >= 4 is 28.0 Å². The Morgan fingerprint density at radius 3 is 2.41 bits per heavy atom. The number of nitrogen functional groups attached to an aromatic ring is 1. The van der Waals surface area contributed by atoms with Gasteiger partial charge < -0.3 is 11.1 Å². The van der Waals surface area contributed by atoms with Gasteiger partial charge in [-0.2, -0.15) is 5.26 Å². The van der Waals surface area contributed by atoms with Crippen molar-refractivity contribution in [2.24, 2.45) is 0 Å². The number of rotatable bonds is 4. The fraction of sp³-hybridized carbons (Fsp3) is 0.0435. The molecule has 130 valence electrons. The molecule has 0 aliphatic rings. The van der Waals surface area contributed by atoms with E-state index in [4.69, 9.17) is 5.73 Å². The topological polar surface area (TPSA) is 74.7 Å². The van der Waals surface area contributed by atoms with Crippen LogP contribution in [0.15, 0.2) is 79.0 Å². The van der Waals surface area contributed by atoms with E-state index in [0.717, 1.165) is 28.7 Å². The van der Waals surface area contributed by atoms with E-state index in [1.165, 1.54) is 11.1 Å². The van der Waals surface area contributed by atoms with E-state index in [-0.39, 0.29) is 0 Å². The largest absolute Gasteiger partial charge is 0.399 e. The van der Waals surface area contributed by atoms with Crippen LogP contribution in [0.5, 0.6) is 0 Å². The van der Waals surface area contributed by atoms with Gasteiger partial charge in [0.2, 0.25) is 0 Å². The first kappa shape index (κ1) is 16.6. The predicted molar refractivity (Wildman–Crippen MR) is 110 cm³/mol. The fourth-order valence-electron chi connectivity index (χ4n) is 3.11. The highest BCUT2D eigenvalue weighted by molar-refractivity contribution is 5.97. The van der Waals surface area contributed by atoms with Crippen LogP contribution < -0.4 is 11.1 Å². The summed E-state index contributed by atoms with van der Waals surface area (Å²) in [4.78, 5) is 4.34. The lowest BCUT2D eigenvalue weighted by Crippen LogP contribution is -1.98. The van der Waals surface area contributed by atoms with Gasteiger partial charge >= 0.3 is 0 Å². The summed E-state index contributed by atoms with van der Waals surface area (Å²) in [5, 5.41) is 13.7. The third-order valence-electron chi connectivity index (χ3n) is 4.49. The van der Waals surface area contributed by atoms with Gasteiger partial charge in [-0.3, -0.25) is 4.98 Å². The van der Waals surface area contributed by atoms with E-state index < -0.39 is 0 Å². The monoisotopic (exact) mass is 350 g/mol. The average molecular weight is 350 g/mol. The van der Waals surface area contributed by atoms with Crippen LogP contribution in [0, 0.1) is 11.3 Å². The van der Waals surface area contributed by atoms with Crippen LogP contribution in [-0.2, 0) is 6.42 Å². The average Bonchev–Trinajstić information content (AvgIpc) is 2.70. The Hall–Kier alpha value is -3.84. The third-order valence-corrected chi connectivity index (χ3v) is 4.49. The number of hydrogen-bond donors (Lipinski definition) is 2. The van der Waals surface area contributed by atoms with E-state index >= 15 is 0 Å². The van der Waals surface area contributed by atoms with E-state index in [1.54, 1.807) is 6.20 Å². The molecule has 4 aromatic rings. The van der Waals surface area contributed by atoms with E-state index in [2.05, 4.69) is 52.8 Å². The van der Waals surface area contributed by atoms with E-state index in [0.29, 0.717) is 11.3 Å². The van der Waals surface area contributed by atoms with Gasteiger partial charge in [-0.05, 0) is 47.9 Å². The number of benzene rings is 3. The molecule has 3 aromatic carbocycles. The second kappa shape index (κ2) is 7.19. The van der Waals surface area contributed by atoms with E-state index in [9.17, 15) is 5.26 Å². The molecular formula is C23H18N4. The summed E-state index contributed by atoms with van der Waals surface area (Å²) >= 11 is 0. The lowest BCUT2D eigenvalue weighted by Gasteiger charge is -2.12. The lowest BCUT2D eigenvalue weighted by atomic mass is 10.0. The van der Waals surface area contributed by atoms with Crippen LogP contribution in [0.3, 0.4) is 0 Å². The molecular weight excluding hydrogens is 332 g/mol. The van der Waals surface area contributed by atoms with Crippen molar-refractivity contribution in [3.63, 3.8) is 0 Å². The van der Waals surface area contributed by atoms with Gasteiger partial charge in [0.25, 0.3) is 0 Å². The molecule has 4 rings (SSSR count). The zero-order chi connectivity index (χ0) is 18.6. The minimum absolute atomic E-state index is 0.487. The van der Waals surface area contributed by atoms with Crippen LogP contribution in [0.1, 0.15) is 16.7 Å². The summed E-state index contributed by atoms with van der Waals surface area (Å²) < 4.78 is 0. The number of nitrogens with zero attached hydrogens (tertiary/aromatic N) is 2. The maximum atomic E-state index is 9.47. The predicted octanol–water partition coefficient (Wildman–Crippen LogP) is 5.02. The number of nitriles is 1. The SMILES string of the molecule is N#Cc1cnc2ccc(N)cc2c1Nc1ccc(Cc2ccccc2)cc1. The maximum Gasteiger partial charge on any atom is 0.103 e. The lowest BCUT2D eigenvalue weighted by molar-refractivity contribution is 1.19. The fourth-order valence-corrected chi connectivity index (χ4v) is 3.11. The van der Waals surface area contributed by atoms with Gasteiger partial charge in [-0.25, -0.2) is 0 Å². The molecule has 4 heteroatoms. The molecule has 0 saturated carbocycles. The van der Waals surface area contributed by atoms with Crippen molar-refractivity contribution in [2.45, 2.75) is 6.42 Å². The number of pyridine rings is 1. The molecule has 0 radical (unpaired) electrons. The van der Waals surface area contributed by atoms with Crippen molar-refractivity contribution < 1.29 is 0 Å². The molecule has 0 unspecified atom stereocenters. The van der Waals surface area contributed by atoms with Gasteiger partial charge in [0, 0.05) is 23.0 Å². The number of fused-ring (bicyclic) bond motifs is 1. The van der Waals surface area contributed by atoms with Crippen LogP contribution in [0.25, 0.3) is 10.9 Å². The number of anilines is 3. The Labute approximate surface area is 157 Å². The summed E-state index contributed by atoms with van der Waals surface area (Å²) in [5.74, 6) is 0. The number of nitrogens with two attached hydrogens (primary N) is 1. The van der Waals surface area contributed by atoms with Gasteiger partial charge in [-0.15, -0.1) is 0 Å². The van der Waals surface area contributed by atoms with Crippen LogP contribution >= 0.6 is 0 Å². The second-order valence-electron chi connectivity index (χ2n) is 6.42. The van der Waals surface area contributed by atoms with E-state index in [1.807, 2.05) is 36.4 Å². The summed E-state index contributed by atoms with van der Waals surface area (Å²) in [6, 6.07) is 26.3. The molecule has 27 heavy (non-hydrogen) atoms. The highest BCUT2D eigenvalue weighted by atomic mass is 14.9. The smallest absolute Gasteiger partial charge is 0.103 e. The standard InChI is InChI=1S/C23H18N4/c24-14-18-15-26-22-11-8-19(25)13-21(22)23(18)27-20-9-6-17(7-10-20)12-16-4-2-1-3-5-16/h1-11,13,15H,12,25H2,(H,26,27). The molecule has 0 fully saturated rings. The quantitative estimate of drug-likeness (QED) is 0.507. The van der Waals surface area contributed by atoms with Crippen molar-refractivity contribution in [1.82, 2.24) is 4.98 Å². The number of hydrogen-bond acceptors (Lipinski definition) is 4. The molecule has 3 N–H and O–H groups in total. The van der Waals surface area contributed by atoms with Crippen molar-refractivity contribution in [3.05, 3.63) is 95.7 Å². The Morgan fingerprint density at radius 1 is 0.926 bits per heavy atom. The van der Waals surface area contributed by atoms with Gasteiger partial charge in [0.15, 0.2) is 0 Å². The Bertz CT molecular complexity index is 1130. The third kappa shape index (κ3) is 3.58. The molecule has 0 aliphatic heterocycles. The van der Waals surface area contributed by atoms with Gasteiger partial charge in [0.05, 0.1) is 16.8 Å². The van der Waals surface area contributed by atoms with Gasteiger partial charge in [0.1, 0.15) is 6.07 Å². The zero-order valence-corrected chi connectivity index (χ0v) is 14.7. The minimum Gasteiger partial charge on any atom is -0.399 e. The minimum atomic E-state index is 0.487. The normalized spacial score (nSPS) is 10.5. The first-order chi connectivity index (χ1) is 13.2. The zero-order valence-electron chi connectivity index (χ0n) is 14.7. The van der Waals surface area contributed by atoms with Gasteiger partial charge in [-0.1, -0.05) is 42.5 Å². The maximum absolute atomic E-state index is 9.47. The van der Waals surface area contributed by atoms with Crippen molar-refractivity contribution in [1.29, 1.82) is 5.26 Å². The number of aromatic nitrogens is 1. The molecule has 0 aliphatic carbocycles. The van der Waals surface area contributed by atoms with Crippen molar-refractivity contribution in [2.75, 3.05) is 11.1 Å². The molecule has 0 atom stereocenters. The molecule has 1 heterocycles. The Morgan fingerprint density at radius 2 is 1.67 bits per heavy atom. The molecule has 1 aromatic heterocycles. The molecule has 0 saturated heterocycles. The molecule has 0 amide bonds. The highest BCUT2D eigenvalue weighted by Gasteiger charge is 2.10. The highest BCUT2D eigenvalue weighted by Crippen LogP contribution is 2.30. The summed E-state index contributed by atoms with van der Waals surface area (Å²) in [7, 11) is 0. The van der Waals surface area contributed by atoms with Crippen LogP contribution in [0.4, 0.5) is 17.1 Å². The van der Waals surface area contributed by atoms with Crippen molar-refractivity contribution in [3.8, 4) is 6.07 Å². The first-order valence-electron chi connectivity index (χ1n) is 8.71. The first-order valence-corrected chi connectivity index (χ1v) is 8.71. The van der Waals surface area contributed by atoms with Crippen LogP contribution in [-0.4, -0.2) is 4.98 Å². The molecule has 0 spiro atoms. The summed E-state index contributed by atoms with van der Waals surface area (Å²) in [6.07, 6.45) is 2.48. The van der Waals surface area contributed by atoms with Crippen LogP contribution in [0.2, 0.25) is 0 Å². The Kier molecular flexibility index (Phi) is 4.42. The summed E-state index contributed by atoms with van der Waals surface area (Å²) in [5.41, 5.74) is 12.0.